The normalized spacial score (nSPS) is 10.9. The van der Waals surface area contributed by atoms with E-state index in [1.165, 1.54) is 0 Å². The van der Waals surface area contributed by atoms with Gasteiger partial charge in [-0.2, -0.15) is 26.3 Å². The van der Waals surface area contributed by atoms with Crippen LogP contribution in [0.25, 0.3) is 0 Å². The van der Waals surface area contributed by atoms with Crippen LogP contribution in [0.5, 0.6) is 0 Å². The third kappa shape index (κ3) is 52.7. The van der Waals surface area contributed by atoms with E-state index in [4.69, 9.17) is 62.9 Å². The minimum atomic E-state index is -1.18. The fraction of sp³-hybridized carbons (Fsp3) is 0.500. The number of carbonyl (C=O) groups excluding carboxylic acids is 2. The van der Waals surface area contributed by atoms with Crippen LogP contribution in [0, 0.1) is 72.9 Å². The van der Waals surface area contributed by atoms with Crippen molar-refractivity contribution < 1.29 is 27.5 Å². The highest BCUT2D eigenvalue weighted by atomic mass is 79.9. The van der Waals surface area contributed by atoms with Crippen LogP contribution in [-0.4, -0.2) is 60.2 Å². The second-order valence-electron chi connectivity index (χ2n) is 24.2. The molecule has 5 rings (SSSR count). The minimum Gasteiger partial charge on any atom is -0.481 e. The summed E-state index contributed by atoms with van der Waals surface area (Å²) in [6, 6.07) is 45.3. The summed E-state index contributed by atoms with van der Waals surface area (Å²) in [7, 11) is -2.29. The lowest BCUT2D eigenvalue weighted by atomic mass is 9.94. The average Bonchev–Trinajstić information content (AvgIpc) is 0.841. The first-order valence-electron chi connectivity index (χ1n) is 34.7. The molecular weight excluding hydrogens is 1430 g/mol. The zero-order valence-electron chi connectivity index (χ0n) is 63.9. The van der Waals surface area contributed by atoms with E-state index in [1.807, 2.05) is 168 Å². The van der Waals surface area contributed by atoms with Crippen LogP contribution in [0.1, 0.15) is 298 Å². The Morgan fingerprint density at radius 3 is 1.32 bits per heavy atom. The second kappa shape index (κ2) is 65.7. The lowest BCUT2D eigenvalue weighted by molar-refractivity contribution is 0.0980. The first-order valence-corrected chi connectivity index (χ1v) is 37.8. The molecule has 564 valence electrons. The van der Waals surface area contributed by atoms with Crippen molar-refractivity contribution in [3.05, 3.63) is 175 Å². The summed E-state index contributed by atoms with van der Waals surface area (Å²) in [5.74, 6) is 1.12. The van der Waals surface area contributed by atoms with Gasteiger partial charge in [0.15, 0.2) is 23.4 Å². The van der Waals surface area contributed by atoms with Gasteiger partial charge in [-0.25, -0.2) is 13.1 Å². The molecule has 0 amide bonds. The van der Waals surface area contributed by atoms with Crippen molar-refractivity contribution in [2.75, 3.05) is 13.2 Å². The molecule has 0 aliphatic heterocycles. The van der Waals surface area contributed by atoms with Crippen molar-refractivity contribution in [1.29, 1.82) is 42.5 Å². The number of nitrogens with zero attached hydrogens (tertiary/aromatic N) is 5. The first kappa shape index (κ1) is 106. The van der Waals surface area contributed by atoms with Crippen molar-refractivity contribution in [3.63, 3.8) is 0 Å². The van der Waals surface area contributed by atoms with E-state index >= 15 is 0 Å². The zero-order chi connectivity index (χ0) is 77.1. The van der Waals surface area contributed by atoms with Crippen LogP contribution in [0.3, 0.4) is 0 Å². The Kier molecular flexibility index (Phi) is 68.1. The monoisotopic (exact) mass is 1540 g/mol. The minimum absolute atomic E-state index is 0. The molecule has 0 bridgehead atoms. The molecule has 22 heteroatoms. The number of halogens is 3. The van der Waals surface area contributed by atoms with Gasteiger partial charge in [0.05, 0.1) is 97.3 Å². The number of carbonyl (C=O) groups is 2. The lowest BCUT2D eigenvalue weighted by Crippen LogP contribution is -2.35. The summed E-state index contributed by atoms with van der Waals surface area (Å²) in [6.45, 7) is 34.6. The van der Waals surface area contributed by atoms with E-state index in [1.54, 1.807) is 43.3 Å². The molecule has 0 aliphatic rings. The fourth-order valence-corrected chi connectivity index (χ4v) is 9.01. The van der Waals surface area contributed by atoms with Crippen molar-refractivity contribution in [2.24, 2.45) is 10.9 Å². The Bertz CT molecular complexity index is 3410. The maximum Gasteiger partial charge on any atom is 0.180 e. The molecule has 4 atom stereocenters. The average molecular weight is 1550 g/mol. The van der Waals surface area contributed by atoms with Crippen LogP contribution >= 0.6 is 40.7 Å². The predicted molar refractivity (Wildman–Crippen MR) is 434 cm³/mol. The van der Waals surface area contributed by atoms with E-state index in [-0.39, 0.29) is 58.0 Å². The molecule has 17 nitrogen and oxygen atoms in total. The molecule has 0 radical (unpaired) electrons. The Morgan fingerprint density at radius 2 is 0.961 bits per heavy atom. The number of nitrogens with two attached hydrogens (primary N) is 2. The Balaban J connectivity index is -0.000000258. The summed E-state index contributed by atoms with van der Waals surface area (Å²) in [6.07, 6.45) is 15.4. The maximum atomic E-state index is 12.1. The van der Waals surface area contributed by atoms with Gasteiger partial charge in [-0.05, 0) is 184 Å². The number of hydrogen-bond acceptors (Lipinski definition) is 15. The molecule has 0 aromatic heterocycles. The topological polar surface area (TPSA) is 341 Å². The molecule has 0 heterocycles. The summed E-state index contributed by atoms with van der Waals surface area (Å²) >= 11 is 3.31. The number of Topliss-reactive ketones (excluding diaryl/α,β-unsaturated/α-hetero) is 2. The number of nitrogens with one attached hydrogen (secondary N) is 4. The SMILES string of the molecule is CC(C)(C)[S@@](N)=O.CCC(=O)c1cccc(Br)c1.CCC(=O)c1cccc(C#N)c1.CCCCC#N.CCCCC(=N)OCC.CCCCC(=N)OCC.CCCCC(=N)c1cccc(C#N)c1CC.CC[C@H](N)c1cccc(C#N)c1.CC[C@H](N[S@@](=O)C(C)(C)C)c1cccc(C#N)c1.Cl.Cl. The fourth-order valence-electron chi connectivity index (χ4n) is 7.69. The van der Waals surface area contributed by atoms with Gasteiger partial charge in [0.2, 0.25) is 0 Å². The number of benzene rings is 5. The smallest absolute Gasteiger partial charge is 0.180 e. The first-order chi connectivity index (χ1) is 47.4. The van der Waals surface area contributed by atoms with Crippen LogP contribution in [-0.2, 0) is 37.9 Å². The van der Waals surface area contributed by atoms with Crippen LogP contribution in [0.2, 0.25) is 0 Å². The highest BCUT2D eigenvalue weighted by molar-refractivity contribution is 9.10. The Hall–Kier alpha value is -7.26. The molecule has 0 saturated heterocycles. The zero-order valence-corrected chi connectivity index (χ0v) is 68.8. The van der Waals surface area contributed by atoms with Crippen LogP contribution in [0.4, 0.5) is 0 Å². The second-order valence-corrected chi connectivity index (χ2v) is 28.9. The highest BCUT2D eigenvalue weighted by Gasteiger charge is 2.23. The predicted octanol–water partition coefficient (Wildman–Crippen LogP) is 21.2. The molecule has 102 heavy (non-hydrogen) atoms. The molecule has 0 spiro atoms. The summed E-state index contributed by atoms with van der Waals surface area (Å²) in [5.41, 5.74) is 14.4. The molecule has 5 aromatic carbocycles. The van der Waals surface area contributed by atoms with Gasteiger partial charge in [0.25, 0.3) is 0 Å². The summed E-state index contributed by atoms with van der Waals surface area (Å²) in [4.78, 5) is 22.3. The van der Waals surface area contributed by atoms with E-state index in [9.17, 15) is 18.0 Å². The highest BCUT2D eigenvalue weighted by Crippen LogP contribution is 2.22. The maximum absolute atomic E-state index is 12.1. The number of rotatable bonds is 25. The van der Waals surface area contributed by atoms with Crippen LogP contribution < -0.4 is 15.6 Å². The number of ketones is 2. The number of ether oxygens (including phenoxy) is 2. The summed E-state index contributed by atoms with van der Waals surface area (Å²) in [5, 5.41) is 70.5. The van der Waals surface area contributed by atoms with Crippen LogP contribution in [0.15, 0.2) is 120 Å². The van der Waals surface area contributed by atoms with E-state index in [0.717, 1.165) is 129 Å². The number of unbranched alkanes of at least 4 members (excludes halogenated alkanes) is 5. The van der Waals surface area contributed by atoms with Crippen molar-refractivity contribution in [1.82, 2.24) is 4.72 Å². The third-order valence-corrected chi connectivity index (χ3v) is 17.1. The van der Waals surface area contributed by atoms with Gasteiger partial charge in [-0.1, -0.05) is 165 Å². The van der Waals surface area contributed by atoms with Gasteiger partial charge < -0.3 is 20.6 Å². The summed E-state index contributed by atoms with van der Waals surface area (Å²) < 4.78 is 35.9. The largest absolute Gasteiger partial charge is 0.481 e. The third-order valence-electron chi connectivity index (χ3n) is 13.8. The molecule has 8 N–H and O–H groups in total. The van der Waals surface area contributed by atoms with Crippen molar-refractivity contribution in [3.8, 4) is 30.3 Å². The molecule has 0 fully saturated rings. The molecule has 5 aromatic rings. The van der Waals surface area contributed by atoms with Gasteiger partial charge in [-0.15, -0.1) is 24.8 Å². The quantitative estimate of drug-likeness (QED) is 0.0137. The Labute approximate surface area is 640 Å². The lowest BCUT2D eigenvalue weighted by Gasteiger charge is -2.23. The van der Waals surface area contributed by atoms with Gasteiger partial charge in [0.1, 0.15) is 0 Å². The standard InChI is InChI=1S/C14H20N2OS.C14H18N2.C10H12N2.C10H9NO.C9H9BrO.2C7H15NO.C5H9N.C4H11NOS.2ClH/c1-5-13(16-18(17)14(2,3)4)12-8-6-7-11(9-12)10-15;1-3-5-9-14(16)13-8-6-7-11(10-15)12(13)4-2;2*1-2-10(12)9-5-3-4-8(6-9)7-11;1-2-9(11)7-4-3-5-8(10)6-7;2*1-3-5-6-7(8)9-4-2;1-2-3-4-5-6;1-4(2,3)7(5)6;;/h6-9,13,16H,5H2,1-4H3;6-8,16H,3-5,9H2,1-2H3;3-6,10H,2,12H2,1H3;3-6H,2H2,1H3;3-6H,2H2,1H3;2*8H,3-6H2,1-2H3;2-4H2,1H3;5H2,1-3H3;2*1H/t13-,18-;;10-;;;;;;7-;;/m0.0.....0../s1. The van der Waals surface area contributed by atoms with E-state index in [2.05, 4.69) is 72.6 Å². The van der Waals surface area contributed by atoms with Gasteiger partial charge in [0, 0.05) is 65.5 Å². The van der Waals surface area contributed by atoms with Gasteiger partial charge >= 0.3 is 0 Å². The van der Waals surface area contributed by atoms with Crippen molar-refractivity contribution in [2.45, 2.75) is 248 Å². The van der Waals surface area contributed by atoms with E-state index < -0.39 is 22.0 Å². The van der Waals surface area contributed by atoms with E-state index in [0.29, 0.717) is 71.4 Å². The molecule has 0 unspecified atom stereocenters. The molecular formula is C80H120BrCl2N11O6S2. The van der Waals surface area contributed by atoms with Crippen molar-refractivity contribution >= 4 is 91.8 Å². The number of hydrogen-bond donors (Lipinski definition) is 6. The molecule has 0 saturated carbocycles. The molecule has 0 aliphatic carbocycles. The number of nitriles is 5. The van der Waals surface area contributed by atoms with Gasteiger partial charge in [-0.3, -0.25) is 25.5 Å². The Morgan fingerprint density at radius 1 is 0.549 bits per heavy atom.